The molecule has 104 valence electrons. The molecule has 0 saturated heterocycles. The topological polar surface area (TPSA) is 81.5 Å². The van der Waals surface area contributed by atoms with Gasteiger partial charge in [0.15, 0.2) is 0 Å². The number of aliphatic imine (C=N–C) groups is 1. The zero-order valence-electron chi connectivity index (χ0n) is 10.7. The molecule has 21 heavy (non-hydrogen) atoms. The first-order valence-corrected chi connectivity index (χ1v) is 6.89. The summed E-state index contributed by atoms with van der Waals surface area (Å²) in [5.74, 6) is 0.350. The molecule has 2 aromatic heterocycles. The molecule has 0 bridgehead atoms. The Kier molecular flexibility index (Phi) is 3.57. The summed E-state index contributed by atoms with van der Waals surface area (Å²) in [5, 5.41) is 16.3. The van der Waals surface area contributed by atoms with E-state index in [0.717, 1.165) is 16.9 Å². The van der Waals surface area contributed by atoms with E-state index >= 15 is 0 Å². The first-order valence-electron chi connectivity index (χ1n) is 6.01. The maximum atomic E-state index is 10.6. The fraction of sp³-hybridized carbons (Fsp3) is 0. The average Bonchev–Trinajstić information content (AvgIpc) is 3.15. The molecule has 7 heteroatoms. The molecule has 6 nitrogen and oxygen atoms in total. The highest BCUT2D eigenvalue weighted by Gasteiger charge is 2.08. The van der Waals surface area contributed by atoms with Gasteiger partial charge in [0.25, 0.3) is 5.88 Å². The molecule has 0 aliphatic heterocycles. The van der Waals surface area contributed by atoms with Gasteiger partial charge >= 0.3 is 5.00 Å². The van der Waals surface area contributed by atoms with Crippen molar-refractivity contribution in [3.8, 4) is 11.3 Å². The highest BCUT2D eigenvalue weighted by molar-refractivity contribution is 7.13. The lowest BCUT2D eigenvalue weighted by Gasteiger charge is -1.90. The van der Waals surface area contributed by atoms with Crippen molar-refractivity contribution < 1.29 is 9.45 Å². The SMILES string of the molecule is O=[N+]([O-])c1cc(/C=N/c2cc(-c3ccccc3)no2)cs1. The van der Waals surface area contributed by atoms with Crippen LogP contribution in [-0.2, 0) is 0 Å². The second kappa shape index (κ2) is 5.68. The van der Waals surface area contributed by atoms with Crippen molar-refractivity contribution in [2.45, 2.75) is 0 Å². The van der Waals surface area contributed by atoms with Crippen LogP contribution >= 0.6 is 11.3 Å². The molecule has 0 aliphatic rings. The van der Waals surface area contributed by atoms with Gasteiger partial charge in [-0.1, -0.05) is 46.8 Å². The molecular formula is C14H9N3O3S. The van der Waals surface area contributed by atoms with E-state index in [1.807, 2.05) is 30.3 Å². The normalized spacial score (nSPS) is 11.0. The minimum Gasteiger partial charge on any atom is -0.336 e. The molecule has 0 amide bonds. The van der Waals surface area contributed by atoms with Crippen LogP contribution in [-0.4, -0.2) is 16.3 Å². The third kappa shape index (κ3) is 3.03. The first kappa shape index (κ1) is 13.2. The number of nitro groups is 1. The van der Waals surface area contributed by atoms with Gasteiger partial charge in [-0.2, -0.15) is 0 Å². The van der Waals surface area contributed by atoms with Crippen LogP contribution in [0.15, 0.2) is 57.4 Å². The summed E-state index contributed by atoms with van der Waals surface area (Å²) in [6.45, 7) is 0. The van der Waals surface area contributed by atoms with E-state index in [1.165, 1.54) is 12.3 Å². The number of hydrogen-bond acceptors (Lipinski definition) is 6. The minimum atomic E-state index is -0.427. The van der Waals surface area contributed by atoms with Gasteiger partial charge < -0.3 is 4.52 Å². The maximum Gasteiger partial charge on any atom is 0.324 e. The van der Waals surface area contributed by atoms with Crippen LogP contribution in [0.3, 0.4) is 0 Å². The Morgan fingerprint density at radius 3 is 2.81 bits per heavy atom. The van der Waals surface area contributed by atoms with Crippen molar-refractivity contribution in [1.29, 1.82) is 0 Å². The third-order valence-electron chi connectivity index (χ3n) is 2.69. The van der Waals surface area contributed by atoms with Crippen LogP contribution in [0.1, 0.15) is 5.56 Å². The van der Waals surface area contributed by atoms with E-state index in [4.69, 9.17) is 4.52 Å². The molecule has 0 atom stereocenters. The van der Waals surface area contributed by atoms with Crippen LogP contribution in [0, 0.1) is 10.1 Å². The first-order chi connectivity index (χ1) is 10.2. The molecule has 3 rings (SSSR count). The predicted molar refractivity (Wildman–Crippen MR) is 80.2 cm³/mol. The van der Waals surface area contributed by atoms with E-state index in [1.54, 1.807) is 11.4 Å². The van der Waals surface area contributed by atoms with Crippen LogP contribution < -0.4 is 0 Å². The summed E-state index contributed by atoms with van der Waals surface area (Å²) in [5.41, 5.74) is 2.29. The van der Waals surface area contributed by atoms with Gasteiger partial charge in [-0.25, -0.2) is 4.99 Å². The Morgan fingerprint density at radius 1 is 1.29 bits per heavy atom. The molecule has 0 aliphatic carbocycles. The van der Waals surface area contributed by atoms with Gasteiger partial charge in [0.1, 0.15) is 5.69 Å². The number of benzene rings is 1. The summed E-state index contributed by atoms with van der Waals surface area (Å²) in [7, 11) is 0. The van der Waals surface area contributed by atoms with Crippen LogP contribution in [0.25, 0.3) is 11.3 Å². The highest BCUT2D eigenvalue weighted by Crippen LogP contribution is 2.24. The minimum absolute atomic E-state index is 0.0824. The van der Waals surface area contributed by atoms with E-state index in [9.17, 15) is 10.1 Å². The zero-order chi connectivity index (χ0) is 14.7. The average molecular weight is 299 g/mol. The second-order valence-electron chi connectivity index (χ2n) is 4.15. The van der Waals surface area contributed by atoms with Crippen molar-refractivity contribution in [2.24, 2.45) is 4.99 Å². The maximum absolute atomic E-state index is 10.6. The lowest BCUT2D eigenvalue weighted by atomic mass is 10.2. The monoisotopic (exact) mass is 299 g/mol. The van der Waals surface area contributed by atoms with Crippen molar-refractivity contribution in [3.05, 3.63) is 63.5 Å². The van der Waals surface area contributed by atoms with Gasteiger partial charge in [-0.05, 0) is 0 Å². The summed E-state index contributed by atoms with van der Waals surface area (Å²) < 4.78 is 5.12. The van der Waals surface area contributed by atoms with Crippen molar-refractivity contribution in [1.82, 2.24) is 5.16 Å². The highest BCUT2D eigenvalue weighted by atomic mass is 32.1. The Balaban J connectivity index is 1.77. The Bertz CT molecular complexity index is 793. The van der Waals surface area contributed by atoms with Gasteiger partial charge in [0, 0.05) is 34.9 Å². The molecular weight excluding hydrogens is 290 g/mol. The van der Waals surface area contributed by atoms with Crippen LogP contribution in [0.2, 0.25) is 0 Å². The summed E-state index contributed by atoms with van der Waals surface area (Å²) in [6, 6.07) is 12.8. The standard InChI is InChI=1S/C14H9N3O3S/c18-17(19)14-6-10(9-21-14)8-15-13-7-12(16-20-13)11-4-2-1-3-5-11/h1-9H/b15-8+. The van der Waals surface area contributed by atoms with Crippen molar-refractivity contribution >= 4 is 28.4 Å². The molecule has 0 saturated carbocycles. The van der Waals surface area contributed by atoms with E-state index < -0.39 is 4.92 Å². The lowest BCUT2D eigenvalue weighted by Crippen LogP contribution is -1.81. The summed E-state index contributed by atoms with van der Waals surface area (Å²) in [6.07, 6.45) is 1.51. The molecule has 0 radical (unpaired) electrons. The van der Waals surface area contributed by atoms with Crippen molar-refractivity contribution in [2.75, 3.05) is 0 Å². The number of thiophene rings is 1. The van der Waals surface area contributed by atoms with Gasteiger partial charge in [-0.15, -0.1) is 0 Å². The largest absolute Gasteiger partial charge is 0.336 e. The summed E-state index contributed by atoms with van der Waals surface area (Å²) >= 11 is 1.06. The Labute approximate surface area is 123 Å². The quantitative estimate of drug-likeness (QED) is 0.413. The van der Waals surface area contributed by atoms with E-state index in [-0.39, 0.29) is 5.00 Å². The number of nitrogens with zero attached hydrogens (tertiary/aromatic N) is 3. The number of rotatable bonds is 4. The fourth-order valence-corrected chi connectivity index (χ4v) is 2.39. The Hall–Kier alpha value is -2.80. The van der Waals surface area contributed by atoms with E-state index in [2.05, 4.69) is 10.1 Å². The lowest BCUT2D eigenvalue weighted by molar-refractivity contribution is -0.380. The molecule has 1 aromatic carbocycles. The fourth-order valence-electron chi connectivity index (χ4n) is 1.71. The van der Waals surface area contributed by atoms with Gasteiger partial charge in [0.05, 0.1) is 4.92 Å². The predicted octanol–water partition coefficient (Wildman–Crippen LogP) is 4.06. The molecule has 0 N–H and O–H groups in total. The summed E-state index contributed by atoms with van der Waals surface area (Å²) in [4.78, 5) is 14.3. The van der Waals surface area contributed by atoms with Gasteiger partial charge in [-0.3, -0.25) is 10.1 Å². The molecule has 3 aromatic rings. The second-order valence-corrected chi connectivity index (χ2v) is 5.04. The number of hydrogen-bond donors (Lipinski definition) is 0. The Morgan fingerprint density at radius 2 is 2.10 bits per heavy atom. The third-order valence-corrected chi connectivity index (χ3v) is 3.59. The smallest absolute Gasteiger partial charge is 0.324 e. The molecule has 2 heterocycles. The van der Waals surface area contributed by atoms with Crippen LogP contribution in [0.4, 0.5) is 10.9 Å². The molecule has 0 unspecified atom stereocenters. The van der Waals surface area contributed by atoms with E-state index in [0.29, 0.717) is 17.1 Å². The molecule has 0 fully saturated rings. The van der Waals surface area contributed by atoms with Crippen LogP contribution in [0.5, 0.6) is 0 Å². The van der Waals surface area contributed by atoms with Gasteiger partial charge in [0.2, 0.25) is 0 Å². The molecule has 0 spiro atoms. The zero-order valence-corrected chi connectivity index (χ0v) is 11.5. The van der Waals surface area contributed by atoms with Crippen molar-refractivity contribution in [3.63, 3.8) is 0 Å². The number of aromatic nitrogens is 1.